The van der Waals surface area contributed by atoms with Gasteiger partial charge in [0.25, 0.3) is 0 Å². The quantitative estimate of drug-likeness (QED) is 0.397. The van der Waals surface area contributed by atoms with E-state index in [-0.39, 0.29) is 18.4 Å². The molecule has 1 aliphatic rings. The number of aromatic amines is 1. The van der Waals surface area contributed by atoms with Crippen molar-refractivity contribution in [2.45, 2.75) is 70.0 Å². The molecule has 31 heavy (non-hydrogen) atoms. The maximum absolute atomic E-state index is 13.1. The summed E-state index contributed by atoms with van der Waals surface area (Å²) in [5, 5.41) is 19.2. The zero-order valence-corrected chi connectivity index (χ0v) is 17.9. The summed E-state index contributed by atoms with van der Waals surface area (Å²) in [4.78, 5) is 40.7. The molecule has 0 aliphatic carbocycles. The molecule has 3 rings (SSSR count). The fraction of sp³-hybridized carbons (Fsp3) is 0.522. The molecule has 0 saturated carbocycles. The lowest BCUT2D eigenvalue weighted by Gasteiger charge is -2.26. The largest absolute Gasteiger partial charge is 0.480 e. The fourth-order valence-corrected chi connectivity index (χ4v) is 4.02. The van der Waals surface area contributed by atoms with Gasteiger partial charge in [0.1, 0.15) is 12.1 Å². The number of nitrogens with one attached hydrogen (secondary N) is 4. The topological polar surface area (TPSA) is 123 Å². The van der Waals surface area contributed by atoms with Crippen LogP contribution in [0.5, 0.6) is 0 Å². The molecule has 0 radical (unpaired) electrons. The van der Waals surface area contributed by atoms with Crippen LogP contribution in [0.2, 0.25) is 0 Å². The highest BCUT2D eigenvalue weighted by Crippen LogP contribution is 2.19. The van der Waals surface area contributed by atoms with E-state index in [1.165, 1.54) is 0 Å². The van der Waals surface area contributed by atoms with Crippen LogP contribution >= 0.6 is 0 Å². The summed E-state index contributed by atoms with van der Waals surface area (Å²) in [5.41, 5.74) is 1.84. The second kappa shape index (κ2) is 10.9. The van der Waals surface area contributed by atoms with E-state index in [2.05, 4.69) is 20.9 Å². The third-order valence-electron chi connectivity index (χ3n) is 5.82. The molecule has 8 heteroatoms. The van der Waals surface area contributed by atoms with Gasteiger partial charge in [-0.3, -0.25) is 9.59 Å². The first-order valence-electron chi connectivity index (χ1n) is 11.1. The van der Waals surface area contributed by atoms with Crippen molar-refractivity contribution in [2.75, 3.05) is 6.54 Å². The highest BCUT2D eigenvalue weighted by atomic mass is 16.4. The number of carbonyl (C=O) groups is 3. The molecule has 3 atom stereocenters. The van der Waals surface area contributed by atoms with Crippen LogP contribution in [0.1, 0.15) is 51.0 Å². The van der Waals surface area contributed by atoms with Crippen molar-refractivity contribution in [2.24, 2.45) is 0 Å². The van der Waals surface area contributed by atoms with Crippen molar-refractivity contribution in [3.8, 4) is 0 Å². The molecule has 0 unspecified atom stereocenters. The van der Waals surface area contributed by atoms with Crippen molar-refractivity contribution in [3.05, 3.63) is 36.0 Å². The number of rotatable bonds is 10. The van der Waals surface area contributed by atoms with E-state index >= 15 is 0 Å². The van der Waals surface area contributed by atoms with Crippen LogP contribution in [0, 0.1) is 0 Å². The van der Waals surface area contributed by atoms with Crippen molar-refractivity contribution < 1.29 is 19.5 Å². The molecule has 2 heterocycles. The maximum atomic E-state index is 13.1. The summed E-state index contributed by atoms with van der Waals surface area (Å²) in [7, 11) is 0. The lowest BCUT2D eigenvalue weighted by atomic mass is 10.0. The number of benzene rings is 1. The van der Waals surface area contributed by atoms with E-state index in [9.17, 15) is 19.5 Å². The van der Waals surface area contributed by atoms with Gasteiger partial charge < -0.3 is 26.0 Å². The van der Waals surface area contributed by atoms with E-state index < -0.39 is 24.0 Å². The van der Waals surface area contributed by atoms with Crippen LogP contribution in [0.15, 0.2) is 30.5 Å². The Kier molecular flexibility index (Phi) is 8.06. The molecule has 1 aliphatic heterocycles. The molecular weight excluding hydrogens is 396 g/mol. The van der Waals surface area contributed by atoms with Crippen LogP contribution in [-0.2, 0) is 20.8 Å². The number of amides is 2. The van der Waals surface area contributed by atoms with Gasteiger partial charge in [-0.2, -0.15) is 0 Å². The Bertz CT molecular complexity index is 904. The summed E-state index contributed by atoms with van der Waals surface area (Å²) >= 11 is 0. The predicted octanol–water partition coefficient (Wildman–Crippen LogP) is 2.10. The molecule has 2 amide bonds. The second-order valence-corrected chi connectivity index (χ2v) is 8.17. The van der Waals surface area contributed by atoms with E-state index in [4.69, 9.17) is 0 Å². The number of piperidine rings is 1. The van der Waals surface area contributed by atoms with Gasteiger partial charge >= 0.3 is 5.97 Å². The second-order valence-electron chi connectivity index (χ2n) is 8.17. The van der Waals surface area contributed by atoms with Gasteiger partial charge in [0.15, 0.2) is 0 Å². The molecule has 2 aromatic rings. The number of hydrogen-bond donors (Lipinski definition) is 5. The molecule has 1 fully saturated rings. The lowest BCUT2D eigenvalue weighted by molar-refractivity contribution is -0.142. The Morgan fingerprint density at radius 2 is 1.97 bits per heavy atom. The standard InChI is InChI=1S/C23H32N4O4/c1-2-3-9-19(23(30)31)26-22(29)20(27-21(28)18-11-6-7-12-24-18)13-15-14-25-17-10-5-4-8-16(15)17/h4-5,8,10,14,18-20,24-25H,2-3,6-7,9,11-13H2,1H3,(H,26,29)(H,27,28)(H,30,31)/t18-,19-,20-/m0/s1. The van der Waals surface area contributed by atoms with Crippen molar-refractivity contribution >= 4 is 28.7 Å². The Hall–Kier alpha value is -2.87. The first kappa shape index (κ1) is 22.8. The minimum absolute atomic E-state index is 0.222. The smallest absolute Gasteiger partial charge is 0.326 e. The van der Waals surface area contributed by atoms with Gasteiger partial charge in [-0.05, 0) is 37.4 Å². The van der Waals surface area contributed by atoms with Crippen LogP contribution in [0.4, 0.5) is 0 Å². The molecule has 8 nitrogen and oxygen atoms in total. The van der Waals surface area contributed by atoms with Crippen LogP contribution in [0.3, 0.4) is 0 Å². The van der Waals surface area contributed by atoms with Crippen LogP contribution < -0.4 is 16.0 Å². The molecule has 1 aromatic heterocycles. The number of aromatic nitrogens is 1. The number of carboxylic acid groups (broad SMARTS) is 1. The van der Waals surface area contributed by atoms with Crippen molar-refractivity contribution in [1.29, 1.82) is 0 Å². The molecule has 0 bridgehead atoms. The van der Waals surface area contributed by atoms with E-state index in [0.717, 1.165) is 48.7 Å². The summed E-state index contributed by atoms with van der Waals surface area (Å²) < 4.78 is 0. The van der Waals surface area contributed by atoms with Gasteiger partial charge in [0.2, 0.25) is 11.8 Å². The minimum Gasteiger partial charge on any atom is -0.480 e. The number of fused-ring (bicyclic) bond motifs is 1. The molecule has 1 aromatic carbocycles. The monoisotopic (exact) mass is 428 g/mol. The Labute approximate surface area is 182 Å². The number of unbranched alkanes of at least 4 members (excludes halogenated alkanes) is 1. The third-order valence-corrected chi connectivity index (χ3v) is 5.82. The third kappa shape index (κ3) is 6.07. The Morgan fingerprint density at radius 1 is 1.16 bits per heavy atom. The Morgan fingerprint density at radius 3 is 2.68 bits per heavy atom. The molecule has 0 spiro atoms. The van der Waals surface area contributed by atoms with Crippen LogP contribution in [-0.4, -0.2) is 52.5 Å². The van der Waals surface area contributed by atoms with Gasteiger partial charge in [-0.15, -0.1) is 0 Å². The van der Waals surface area contributed by atoms with E-state index in [1.807, 2.05) is 37.4 Å². The summed E-state index contributed by atoms with van der Waals surface area (Å²) in [5.74, 6) is -1.76. The number of carboxylic acids is 1. The normalized spacial score (nSPS) is 18.3. The maximum Gasteiger partial charge on any atom is 0.326 e. The number of hydrogen-bond acceptors (Lipinski definition) is 4. The molecule has 1 saturated heterocycles. The zero-order valence-electron chi connectivity index (χ0n) is 17.9. The summed E-state index contributed by atoms with van der Waals surface area (Å²) in [6, 6.07) is 5.59. The zero-order chi connectivity index (χ0) is 22.2. The SMILES string of the molecule is CCCC[C@H](NC(=O)[C@H](Cc1c[nH]c2ccccc12)NC(=O)[C@@H]1CCCCN1)C(=O)O. The lowest BCUT2D eigenvalue weighted by Crippen LogP contribution is -2.56. The molecular formula is C23H32N4O4. The number of carbonyl (C=O) groups excluding carboxylic acids is 2. The van der Waals surface area contributed by atoms with Crippen LogP contribution in [0.25, 0.3) is 10.9 Å². The highest BCUT2D eigenvalue weighted by molar-refractivity contribution is 5.93. The van der Waals surface area contributed by atoms with Gasteiger partial charge in [-0.1, -0.05) is 44.4 Å². The molecule has 5 N–H and O–H groups in total. The minimum atomic E-state index is -1.06. The van der Waals surface area contributed by atoms with Gasteiger partial charge in [-0.25, -0.2) is 4.79 Å². The number of aliphatic carboxylic acids is 1. The number of H-pyrrole nitrogens is 1. The average Bonchev–Trinajstić information content (AvgIpc) is 3.19. The van der Waals surface area contributed by atoms with Gasteiger partial charge in [0.05, 0.1) is 6.04 Å². The first-order chi connectivity index (χ1) is 15.0. The average molecular weight is 429 g/mol. The fourth-order valence-electron chi connectivity index (χ4n) is 4.02. The highest BCUT2D eigenvalue weighted by Gasteiger charge is 2.30. The summed E-state index contributed by atoms with van der Waals surface area (Å²) in [6.45, 7) is 2.74. The first-order valence-corrected chi connectivity index (χ1v) is 11.1. The molecule has 168 valence electrons. The van der Waals surface area contributed by atoms with Gasteiger partial charge in [0, 0.05) is 23.5 Å². The van der Waals surface area contributed by atoms with E-state index in [1.54, 1.807) is 0 Å². The van der Waals surface area contributed by atoms with E-state index in [0.29, 0.717) is 12.8 Å². The predicted molar refractivity (Wildman–Crippen MR) is 119 cm³/mol. The Balaban J connectivity index is 1.77. The number of para-hydroxylation sites is 1. The van der Waals surface area contributed by atoms with Crippen molar-refractivity contribution in [3.63, 3.8) is 0 Å². The van der Waals surface area contributed by atoms with Crippen molar-refractivity contribution in [1.82, 2.24) is 20.9 Å². The summed E-state index contributed by atoms with van der Waals surface area (Å²) in [6.07, 6.45) is 6.71.